The Morgan fingerprint density at radius 3 is 1.88 bits per heavy atom. The molecule has 8 rings (SSSR count). The van der Waals surface area contributed by atoms with Gasteiger partial charge in [-0.2, -0.15) is 0 Å². The quantitative estimate of drug-likeness (QED) is 0.208. The van der Waals surface area contributed by atoms with Crippen molar-refractivity contribution in [2.75, 3.05) is 0 Å². The van der Waals surface area contributed by atoms with Crippen molar-refractivity contribution < 1.29 is 0 Å². The Kier molecular flexibility index (Phi) is 5.68. The predicted molar refractivity (Wildman–Crippen MR) is 174 cm³/mol. The van der Waals surface area contributed by atoms with Gasteiger partial charge >= 0.3 is 0 Å². The third-order valence-corrected chi connectivity index (χ3v) is 8.80. The number of para-hydroxylation sites is 1. The van der Waals surface area contributed by atoms with Crippen LogP contribution in [0, 0.1) is 0 Å². The smallest absolute Gasteiger partial charge is 0.124 e. The first-order valence-corrected chi connectivity index (χ1v) is 14.6. The normalized spacial score (nSPS) is 11.4. The molecule has 8 aromatic rings. The average Bonchev–Trinajstić information content (AvgIpc) is 3.49. The SMILES string of the molecule is c1ccc(-c2nc3cc(-c4ccc(-c5nc6ccccc6s5)cc4)ccc3c3c(-c4ccccc4)cccc23)cc1. The highest BCUT2D eigenvalue weighted by atomic mass is 32.1. The lowest BCUT2D eigenvalue weighted by Crippen LogP contribution is -1.92. The molecule has 0 saturated heterocycles. The Morgan fingerprint density at radius 2 is 1.10 bits per heavy atom. The first-order chi connectivity index (χ1) is 20.3. The van der Waals surface area contributed by atoms with Gasteiger partial charge in [0.2, 0.25) is 0 Å². The number of hydrogen-bond acceptors (Lipinski definition) is 3. The molecule has 41 heavy (non-hydrogen) atoms. The van der Waals surface area contributed by atoms with Crippen LogP contribution in [0.2, 0.25) is 0 Å². The topological polar surface area (TPSA) is 25.8 Å². The van der Waals surface area contributed by atoms with E-state index in [0.29, 0.717) is 0 Å². The highest BCUT2D eigenvalue weighted by molar-refractivity contribution is 7.21. The maximum Gasteiger partial charge on any atom is 0.124 e. The van der Waals surface area contributed by atoms with E-state index < -0.39 is 0 Å². The fourth-order valence-electron chi connectivity index (χ4n) is 5.71. The van der Waals surface area contributed by atoms with Gasteiger partial charge in [0, 0.05) is 27.3 Å². The molecule has 0 spiro atoms. The van der Waals surface area contributed by atoms with E-state index in [2.05, 4.69) is 140 Å². The molecule has 3 heteroatoms. The zero-order valence-electron chi connectivity index (χ0n) is 22.2. The molecule has 6 aromatic carbocycles. The molecule has 2 heterocycles. The number of aromatic nitrogens is 2. The van der Waals surface area contributed by atoms with E-state index in [1.165, 1.54) is 21.2 Å². The molecule has 0 aliphatic heterocycles. The Labute approximate surface area is 242 Å². The lowest BCUT2D eigenvalue weighted by Gasteiger charge is -2.15. The summed E-state index contributed by atoms with van der Waals surface area (Å²) in [6.07, 6.45) is 0. The molecule has 0 bridgehead atoms. The van der Waals surface area contributed by atoms with Crippen molar-refractivity contribution in [2.45, 2.75) is 0 Å². The highest BCUT2D eigenvalue weighted by Gasteiger charge is 2.15. The Bertz CT molecular complexity index is 2150. The fourth-order valence-corrected chi connectivity index (χ4v) is 6.68. The second kappa shape index (κ2) is 9.81. The Balaban J connectivity index is 1.29. The minimum Gasteiger partial charge on any atom is -0.247 e. The van der Waals surface area contributed by atoms with Crippen LogP contribution in [-0.2, 0) is 0 Å². The number of hydrogen-bond donors (Lipinski definition) is 0. The molecule has 192 valence electrons. The summed E-state index contributed by atoms with van der Waals surface area (Å²) in [4.78, 5) is 10.1. The lowest BCUT2D eigenvalue weighted by atomic mass is 9.92. The number of benzene rings is 6. The number of pyridine rings is 1. The molecule has 2 aromatic heterocycles. The van der Waals surface area contributed by atoms with Crippen LogP contribution >= 0.6 is 11.3 Å². The zero-order valence-corrected chi connectivity index (χ0v) is 23.0. The van der Waals surface area contributed by atoms with Gasteiger partial charge in [-0.05, 0) is 40.5 Å². The van der Waals surface area contributed by atoms with Crippen molar-refractivity contribution in [1.82, 2.24) is 9.97 Å². The summed E-state index contributed by atoms with van der Waals surface area (Å²) in [6, 6.07) is 51.4. The Hall–Kier alpha value is -5.12. The van der Waals surface area contributed by atoms with Gasteiger partial charge in [0.05, 0.1) is 21.4 Å². The summed E-state index contributed by atoms with van der Waals surface area (Å²) >= 11 is 1.73. The van der Waals surface area contributed by atoms with Crippen molar-refractivity contribution >= 4 is 43.2 Å². The van der Waals surface area contributed by atoms with Gasteiger partial charge in [0.15, 0.2) is 0 Å². The van der Waals surface area contributed by atoms with Crippen molar-refractivity contribution in [1.29, 1.82) is 0 Å². The van der Waals surface area contributed by atoms with E-state index in [9.17, 15) is 0 Å². The summed E-state index contributed by atoms with van der Waals surface area (Å²) < 4.78 is 1.21. The average molecular weight is 541 g/mol. The first kappa shape index (κ1) is 23.7. The van der Waals surface area contributed by atoms with E-state index in [0.717, 1.165) is 54.8 Å². The van der Waals surface area contributed by atoms with Crippen molar-refractivity contribution in [3.8, 4) is 44.1 Å². The van der Waals surface area contributed by atoms with Crippen molar-refractivity contribution in [3.05, 3.63) is 146 Å². The van der Waals surface area contributed by atoms with Gasteiger partial charge < -0.3 is 0 Å². The summed E-state index contributed by atoms with van der Waals surface area (Å²) in [5.74, 6) is 0. The molecule has 0 atom stereocenters. The number of nitrogens with zero attached hydrogens (tertiary/aromatic N) is 2. The van der Waals surface area contributed by atoms with Crippen LogP contribution < -0.4 is 0 Å². The lowest BCUT2D eigenvalue weighted by molar-refractivity contribution is 1.42. The maximum atomic E-state index is 5.28. The standard InChI is InChI=1S/C38H24N2S/c1-3-10-26(11-4-1)30-14-9-15-32-36(30)31-23-22-29(24-34(31)39-37(32)27-12-5-2-6-13-27)25-18-20-28(21-19-25)38-40-33-16-7-8-17-35(33)41-38/h1-24H. The molecule has 0 radical (unpaired) electrons. The van der Waals surface area contributed by atoms with Gasteiger partial charge in [0.1, 0.15) is 5.01 Å². The molecule has 0 fully saturated rings. The second-order valence-corrected chi connectivity index (χ2v) is 11.2. The van der Waals surface area contributed by atoms with Gasteiger partial charge in [-0.15, -0.1) is 11.3 Å². The van der Waals surface area contributed by atoms with Gasteiger partial charge in [0.25, 0.3) is 0 Å². The molecule has 0 unspecified atom stereocenters. The van der Waals surface area contributed by atoms with Crippen LogP contribution in [-0.4, -0.2) is 9.97 Å². The fraction of sp³-hybridized carbons (Fsp3) is 0. The van der Waals surface area contributed by atoms with Gasteiger partial charge in [-0.1, -0.05) is 127 Å². The minimum atomic E-state index is 0.993. The first-order valence-electron chi connectivity index (χ1n) is 13.8. The van der Waals surface area contributed by atoms with E-state index in [1.54, 1.807) is 11.3 Å². The molecule has 0 amide bonds. The summed E-state index contributed by atoms with van der Waals surface area (Å²) in [5, 5.41) is 4.61. The summed E-state index contributed by atoms with van der Waals surface area (Å²) in [7, 11) is 0. The van der Waals surface area contributed by atoms with E-state index in [-0.39, 0.29) is 0 Å². The summed E-state index contributed by atoms with van der Waals surface area (Å²) in [6.45, 7) is 0. The van der Waals surface area contributed by atoms with Crippen molar-refractivity contribution in [3.63, 3.8) is 0 Å². The van der Waals surface area contributed by atoms with Crippen molar-refractivity contribution in [2.24, 2.45) is 0 Å². The highest BCUT2D eigenvalue weighted by Crippen LogP contribution is 2.40. The van der Waals surface area contributed by atoms with Crippen LogP contribution in [0.4, 0.5) is 0 Å². The van der Waals surface area contributed by atoms with Crippen LogP contribution in [0.3, 0.4) is 0 Å². The molecular weight excluding hydrogens is 516 g/mol. The van der Waals surface area contributed by atoms with Gasteiger partial charge in [-0.25, -0.2) is 9.97 Å². The molecule has 0 aliphatic carbocycles. The molecule has 0 aliphatic rings. The summed E-state index contributed by atoms with van der Waals surface area (Å²) in [5.41, 5.74) is 10.1. The van der Waals surface area contributed by atoms with Crippen LogP contribution in [0.25, 0.3) is 76.0 Å². The Morgan fingerprint density at radius 1 is 0.415 bits per heavy atom. The van der Waals surface area contributed by atoms with Crippen LogP contribution in [0.5, 0.6) is 0 Å². The van der Waals surface area contributed by atoms with Gasteiger partial charge in [-0.3, -0.25) is 0 Å². The number of thiazole rings is 1. The van der Waals surface area contributed by atoms with E-state index >= 15 is 0 Å². The molecule has 2 nitrogen and oxygen atoms in total. The third-order valence-electron chi connectivity index (χ3n) is 7.71. The third kappa shape index (κ3) is 4.19. The van der Waals surface area contributed by atoms with Crippen LogP contribution in [0.1, 0.15) is 0 Å². The largest absolute Gasteiger partial charge is 0.247 e. The monoisotopic (exact) mass is 540 g/mol. The molecule has 0 saturated carbocycles. The minimum absolute atomic E-state index is 0.993. The zero-order chi connectivity index (χ0) is 27.2. The maximum absolute atomic E-state index is 5.28. The van der Waals surface area contributed by atoms with E-state index in [4.69, 9.17) is 9.97 Å². The molecule has 0 N–H and O–H groups in total. The predicted octanol–water partition coefficient (Wildman–Crippen LogP) is 10.7. The van der Waals surface area contributed by atoms with E-state index in [1.807, 2.05) is 6.07 Å². The number of rotatable bonds is 4. The van der Waals surface area contributed by atoms with Crippen LogP contribution in [0.15, 0.2) is 146 Å². The number of fused-ring (bicyclic) bond motifs is 4. The molecular formula is C38H24N2S. The second-order valence-electron chi connectivity index (χ2n) is 10.2.